The van der Waals surface area contributed by atoms with E-state index < -0.39 is 18.1 Å². The number of likely N-dealkylation sites (tertiary alicyclic amines) is 1. The summed E-state index contributed by atoms with van der Waals surface area (Å²) in [6, 6.07) is -0.854. The van der Waals surface area contributed by atoms with Crippen LogP contribution in [0.25, 0.3) is 0 Å². The van der Waals surface area contributed by atoms with Gasteiger partial charge in [-0.3, -0.25) is 9.69 Å². The molecular formula is C12H19NO5. The lowest BCUT2D eigenvalue weighted by Crippen LogP contribution is -2.51. The van der Waals surface area contributed by atoms with Crippen molar-refractivity contribution in [2.45, 2.75) is 45.3 Å². The van der Waals surface area contributed by atoms with Crippen LogP contribution in [-0.2, 0) is 19.1 Å². The fourth-order valence-corrected chi connectivity index (χ4v) is 1.72. The zero-order valence-corrected chi connectivity index (χ0v) is 11.0. The monoisotopic (exact) mass is 257 g/mol. The van der Waals surface area contributed by atoms with Crippen LogP contribution in [-0.4, -0.2) is 48.5 Å². The highest BCUT2D eigenvalue weighted by Gasteiger charge is 2.37. The summed E-state index contributed by atoms with van der Waals surface area (Å²) >= 11 is 0. The van der Waals surface area contributed by atoms with Gasteiger partial charge in [-0.15, -0.1) is 0 Å². The molecule has 0 aromatic rings. The topological polar surface area (TPSA) is 72.9 Å². The summed E-state index contributed by atoms with van der Waals surface area (Å²) in [6.45, 7) is 3.88. The maximum atomic E-state index is 11.9. The molecule has 2 unspecified atom stereocenters. The minimum absolute atomic E-state index is 0.00226. The molecule has 18 heavy (non-hydrogen) atoms. The van der Waals surface area contributed by atoms with Gasteiger partial charge >= 0.3 is 12.1 Å². The minimum Gasteiger partial charge on any atom is -0.467 e. The van der Waals surface area contributed by atoms with Gasteiger partial charge < -0.3 is 9.47 Å². The third-order valence-corrected chi connectivity index (χ3v) is 3.01. The second-order valence-electron chi connectivity index (χ2n) is 4.33. The average Bonchev–Trinajstić information content (AvgIpc) is 2.37. The summed E-state index contributed by atoms with van der Waals surface area (Å²) in [5, 5.41) is 0. The van der Waals surface area contributed by atoms with Crippen LogP contribution in [0.1, 0.15) is 33.1 Å². The van der Waals surface area contributed by atoms with E-state index in [1.807, 2.05) is 6.92 Å². The molecule has 102 valence electrons. The number of carbonyl (C=O) groups is 3. The van der Waals surface area contributed by atoms with Crippen molar-refractivity contribution in [2.75, 3.05) is 13.7 Å². The van der Waals surface area contributed by atoms with Gasteiger partial charge in [-0.05, 0) is 13.3 Å². The first-order valence-electron chi connectivity index (χ1n) is 6.06. The number of hydrogen-bond acceptors (Lipinski definition) is 5. The molecule has 0 bridgehead atoms. The molecule has 1 rings (SSSR count). The average molecular weight is 257 g/mol. The summed E-state index contributed by atoms with van der Waals surface area (Å²) in [4.78, 5) is 36.1. The van der Waals surface area contributed by atoms with E-state index in [2.05, 4.69) is 4.74 Å². The first-order chi connectivity index (χ1) is 8.49. The van der Waals surface area contributed by atoms with E-state index in [1.165, 1.54) is 12.0 Å². The number of rotatable bonds is 3. The lowest BCUT2D eigenvalue weighted by molar-refractivity contribution is -0.150. The fraction of sp³-hybridized carbons (Fsp3) is 0.750. The molecule has 1 heterocycles. The van der Waals surface area contributed by atoms with Gasteiger partial charge in [0.15, 0.2) is 0 Å². The molecule has 0 radical (unpaired) electrons. The lowest BCUT2D eigenvalue weighted by atomic mass is 10.0. The van der Waals surface area contributed by atoms with E-state index in [0.29, 0.717) is 6.42 Å². The molecule has 0 saturated carbocycles. The standard InChI is InChI=1S/C12H19NO5/c1-4-8(2)18-12(16)13-6-5-9(14)7-10(13)11(15)17-3/h8,10H,4-7H2,1-3H3. The number of methoxy groups -OCH3 is 1. The number of esters is 1. The maximum Gasteiger partial charge on any atom is 0.410 e. The Kier molecular flexibility index (Phi) is 5.12. The van der Waals surface area contributed by atoms with E-state index in [9.17, 15) is 14.4 Å². The molecule has 6 nitrogen and oxygen atoms in total. The highest BCUT2D eigenvalue weighted by Crippen LogP contribution is 2.17. The summed E-state index contributed by atoms with van der Waals surface area (Å²) < 4.78 is 9.78. The summed E-state index contributed by atoms with van der Waals surface area (Å²) in [7, 11) is 1.24. The lowest BCUT2D eigenvalue weighted by Gasteiger charge is -2.32. The van der Waals surface area contributed by atoms with Gasteiger partial charge in [0.1, 0.15) is 17.9 Å². The van der Waals surface area contributed by atoms with Crippen LogP contribution in [0, 0.1) is 0 Å². The van der Waals surface area contributed by atoms with Gasteiger partial charge in [-0.2, -0.15) is 0 Å². The third kappa shape index (κ3) is 3.45. The number of hydrogen-bond donors (Lipinski definition) is 0. The zero-order chi connectivity index (χ0) is 13.7. The Morgan fingerprint density at radius 2 is 2.17 bits per heavy atom. The molecule has 0 aromatic heterocycles. The van der Waals surface area contributed by atoms with E-state index in [-0.39, 0.29) is 31.3 Å². The zero-order valence-electron chi connectivity index (χ0n) is 11.0. The molecule has 2 atom stereocenters. The highest BCUT2D eigenvalue weighted by atomic mass is 16.6. The van der Waals surface area contributed by atoms with Crippen molar-refractivity contribution < 1.29 is 23.9 Å². The van der Waals surface area contributed by atoms with Crippen LogP contribution in [0.3, 0.4) is 0 Å². The molecule has 0 spiro atoms. The van der Waals surface area contributed by atoms with Crippen LogP contribution < -0.4 is 0 Å². The predicted octanol–water partition coefficient (Wildman–Crippen LogP) is 1.13. The van der Waals surface area contributed by atoms with Gasteiger partial charge in [0, 0.05) is 19.4 Å². The van der Waals surface area contributed by atoms with Gasteiger partial charge in [0.25, 0.3) is 0 Å². The third-order valence-electron chi connectivity index (χ3n) is 3.01. The van der Waals surface area contributed by atoms with E-state index in [0.717, 1.165) is 0 Å². The Labute approximate surface area is 106 Å². The van der Waals surface area contributed by atoms with Crippen molar-refractivity contribution in [1.29, 1.82) is 0 Å². The molecule has 1 saturated heterocycles. The number of Topliss-reactive ketones (excluding diaryl/α,β-unsaturated/α-hetero) is 1. The normalized spacial score (nSPS) is 21.4. The Morgan fingerprint density at radius 3 is 2.72 bits per heavy atom. The largest absolute Gasteiger partial charge is 0.467 e. The molecule has 0 N–H and O–H groups in total. The van der Waals surface area contributed by atoms with E-state index in [1.54, 1.807) is 6.92 Å². The molecule has 0 aromatic carbocycles. The number of piperidine rings is 1. The maximum absolute atomic E-state index is 11.9. The van der Waals surface area contributed by atoms with Gasteiger partial charge in [0.05, 0.1) is 7.11 Å². The van der Waals surface area contributed by atoms with Gasteiger partial charge in [-0.25, -0.2) is 9.59 Å². The second-order valence-corrected chi connectivity index (χ2v) is 4.33. The van der Waals surface area contributed by atoms with E-state index >= 15 is 0 Å². The van der Waals surface area contributed by atoms with Crippen LogP contribution in [0.2, 0.25) is 0 Å². The SMILES string of the molecule is CCC(C)OC(=O)N1CCC(=O)CC1C(=O)OC. The predicted molar refractivity (Wildman–Crippen MR) is 63.0 cm³/mol. The number of ketones is 1. The van der Waals surface area contributed by atoms with Gasteiger partial charge in [-0.1, -0.05) is 6.92 Å². The molecule has 1 aliphatic rings. The van der Waals surface area contributed by atoms with Crippen LogP contribution in [0.15, 0.2) is 0 Å². The summed E-state index contributed by atoms with van der Waals surface area (Å²) in [6.07, 6.45) is 0.174. The number of ether oxygens (including phenoxy) is 2. The quantitative estimate of drug-likeness (QED) is 0.708. The molecular weight excluding hydrogens is 238 g/mol. The van der Waals surface area contributed by atoms with Crippen molar-refractivity contribution >= 4 is 17.8 Å². The molecule has 1 fully saturated rings. The Bertz CT molecular complexity index is 341. The molecule has 0 aliphatic carbocycles. The van der Waals surface area contributed by atoms with Crippen molar-refractivity contribution in [3.63, 3.8) is 0 Å². The molecule has 6 heteroatoms. The molecule has 1 amide bonds. The number of nitrogens with zero attached hydrogens (tertiary/aromatic N) is 1. The summed E-state index contributed by atoms with van der Waals surface area (Å²) in [5.41, 5.74) is 0. The summed E-state index contributed by atoms with van der Waals surface area (Å²) in [5.74, 6) is -0.623. The minimum atomic E-state index is -0.854. The first kappa shape index (κ1) is 14.5. The van der Waals surface area contributed by atoms with Crippen LogP contribution in [0.5, 0.6) is 0 Å². The fourth-order valence-electron chi connectivity index (χ4n) is 1.72. The van der Waals surface area contributed by atoms with Crippen molar-refractivity contribution in [3.05, 3.63) is 0 Å². The smallest absolute Gasteiger partial charge is 0.410 e. The van der Waals surface area contributed by atoms with Crippen molar-refractivity contribution in [1.82, 2.24) is 4.90 Å². The van der Waals surface area contributed by atoms with Crippen molar-refractivity contribution in [2.24, 2.45) is 0 Å². The first-order valence-corrected chi connectivity index (χ1v) is 6.06. The Morgan fingerprint density at radius 1 is 1.50 bits per heavy atom. The Balaban J connectivity index is 2.73. The van der Waals surface area contributed by atoms with Gasteiger partial charge in [0.2, 0.25) is 0 Å². The second kappa shape index (κ2) is 6.37. The Hall–Kier alpha value is -1.59. The van der Waals surface area contributed by atoms with Crippen LogP contribution in [0.4, 0.5) is 4.79 Å². The number of amides is 1. The highest BCUT2D eigenvalue weighted by molar-refractivity contribution is 5.91. The van der Waals surface area contributed by atoms with E-state index in [4.69, 9.17) is 4.74 Å². The number of carbonyl (C=O) groups excluding carboxylic acids is 3. The molecule has 1 aliphatic heterocycles. The van der Waals surface area contributed by atoms with Crippen molar-refractivity contribution in [3.8, 4) is 0 Å². The van der Waals surface area contributed by atoms with Crippen LogP contribution >= 0.6 is 0 Å².